The molecule has 0 spiro atoms. The topological polar surface area (TPSA) is 24.5 Å². The van der Waals surface area contributed by atoms with Crippen molar-refractivity contribution in [3.63, 3.8) is 0 Å². The van der Waals surface area contributed by atoms with E-state index in [0.717, 1.165) is 18.9 Å². The molecule has 1 aromatic rings. The van der Waals surface area contributed by atoms with Crippen molar-refractivity contribution in [3.8, 4) is 5.75 Å². The first-order chi connectivity index (χ1) is 8.70. The van der Waals surface area contributed by atoms with E-state index in [9.17, 15) is 0 Å². The molecular formula is C15H24N2O. The molecule has 1 aromatic carbocycles. The monoisotopic (exact) mass is 248 g/mol. The molecule has 1 heterocycles. The van der Waals surface area contributed by atoms with Crippen LogP contribution in [0.25, 0.3) is 0 Å². The molecule has 1 aliphatic heterocycles. The fourth-order valence-corrected chi connectivity index (χ4v) is 2.89. The second kappa shape index (κ2) is 5.72. The van der Waals surface area contributed by atoms with Gasteiger partial charge in [-0.05, 0) is 58.1 Å². The molecule has 1 saturated heterocycles. The smallest absolute Gasteiger partial charge is 0.119 e. The Labute approximate surface area is 110 Å². The van der Waals surface area contributed by atoms with Crippen molar-refractivity contribution in [2.24, 2.45) is 0 Å². The predicted molar refractivity (Wildman–Crippen MR) is 75.1 cm³/mol. The number of ether oxygens (including phenoxy) is 1. The van der Waals surface area contributed by atoms with E-state index in [1.807, 2.05) is 6.92 Å². The Morgan fingerprint density at radius 2 is 2.06 bits per heavy atom. The van der Waals surface area contributed by atoms with Crippen LogP contribution in [-0.4, -0.2) is 38.7 Å². The van der Waals surface area contributed by atoms with Gasteiger partial charge in [-0.3, -0.25) is 0 Å². The molecular weight excluding hydrogens is 224 g/mol. The number of nitrogens with one attached hydrogen (secondary N) is 1. The summed E-state index contributed by atoms with van der Waals surface area (Å²) in [5.41, 5.74) is 1.46. The summed E-state index contributed by atoms with van der Waals surface area (Å²) in [6.45, 7) is 5.00. The van der Waals surface area contributed by atoms with Gasteiger partial charge in [-0.25, -0.2) is 0 Å². The summed E-state index contributed by atoms with van der Waals surface area (Å²) >= 11 is 0. The molecule has 0 aliphatic carbocycles. The van der Waals surface area contributed by atoms with Crippen LogP contribution in [0.1, 0.15) is 25.3 Å². The van der Waals surface area contributed by atoms with Crippen LogP contribution in [0, 0.1) is 0 Å². The highest BCUT2D eigenvalue weighted by Gasteiger charge is 2.34. The van der Waals surface area contributed by atoms with Crippen molar-refractivity contribution >= 4 is 0 Å². The first-order valence-corrected chi connectivity index (χ1v) is 6.81. The van der Waals surface area contributed by atoms with E-state index in [0.29, 0.717) is 0 Å². The quantitative estimate of drug-likeness (QED) is 0.884. The molecule has 3 nitrogen and oxygen atoms in total. The Kier molecular flexibility index (Phi) is 4.25. The number of likely N-dealkylation sites (N-methyl/N-ethyl adjacent to an activating group) is 2. The summed E-state index contributed by atoms with van der Waals surface area (Å²) < 4.78 is 5.51. The fraction of sp³-hybridized carbons (Fsp3) is 0.600. The lowest BCUT2D eigenvalue weighted by atomic mass is 9.82. The second-order valence-corrected chi connectivity index (χ2v) is 5.13. The zero-order valence-corrected chi connectivity index (χ0v) is 11.7. The lowest BCUT2D eigenvalue weighted by Crippen LogP contribution is -2.52. The molecule has 0 bridgehead atoms. The molecule has 1 atom stereocenters. The fourth-order valence-electron chi connectivity index (χ4n) is 2.89. The maximum atomic E-state index is 5.51. The highest BCUT2D eigenvalue weighted by molar-refractivity contribution is 5.32. The van der Waals surface area contributed by atoms with Crippen LogP contribution in [0.3, 0.4) is 0 Å². The molecule has 0 saturated carbocycles. The molecule has 0 amide bonds. The average molecular weight is 248 g/mol. The van der Waals surface area contributed by atoms with Crippen molar-refractivity contribution < 1.29 is 4.74 Å². The first-order valence-electron chi connectivity index (χ1n) is 6.81. The average Bonchev–Trinajstić information content (AvgIpc) is 2.40. The van der Waals surface area contributed by atoms with Gasteiger partial charge in [0.15, 0.2) is 0 Å². The van der Waals surface area contributed by atoms with Gasteiger partial charge in [0.25, 0.3) is 0 Å². The lowest BCUT2D eigenvalue weighted by Gasteiger charge is -2.42. The van der Waals surface area contributed by atoms with Gasteiger partial charge in [0.2, 0.25) is 0 Å². The Morgan fingerprint density at radius 3 is 2.61 bits per heavy atom. The number of nitrogens with zero attached hydrogens (tertiary/aromatic N) is 1. The third kappa shape index (κ3) is 2.68. The number of likely N-dealkylation sites (tertiary alicyclic amines) is 1. The largest absolute Gasteiger partial charge is 0.494 e. The summed E-state index contributed by atoms with van der Waals surface area (Å²) in [5, 5.41) is 3.53. The maximum Gasteiger partial charge on any atom is 0.119 e. The zero-order valence-electron chi connectivity index (χ0n) is 11.7. The van der Waals surface area contributed by atoms with Gasteiger partial charge in [-0.2, -0.15) is 0 Å². The second-order valence-electron chi connectivity index (χ2n) is 5.13. The molecule has 18 heavy (non-hydrogen) atoms. The van der Waals surface area contributed by atoms with Gasteiger partial charge >= 0.3 is 0 Å². The Morgan fingerprint density at radius 1 is 1.33 bits per heavy atom. The maximum absolute atomic E-state index is 5.51. The summed E-state index contributed by atoms with van der Waals surface area (Å²) in [4.78, 5) is 2.40. The number of hydrogen-bond donors (Lipinski definition) is 1. The molecule has 2 rings (SSSR count). The van der Waals surface area contributed by atoms with Crippen LogP contribution in [0.5, 0.6) is 5.75 Å². The first kappa shape index (κ1) is 13.4. The van der Waals surface area contributed by atoms with Crippen LogP contribution in [-0.2, 0) is 5.54 Å². The Hall–Kier alpha value is -1.06. The van der Waals surface area contributed by atoms with Crippen molar-refractivity contribution in [2.45, 2.75) is 25.3 Å². The van der Waals surface area contributed by atoms with E-state index in [4.69, 9.17) is 4.74 Å². The molecule has 0 radical (unpaired) electrons. The minimum absolute atomic E-state index is 0.0950. The molecule has 1 unspecified atom stereocenters. The summed E-state index contributed by atoms with van der Waals surface area (Å²) in [5.74, 6) is 0.955. The van der Waals surface area contributed by atoms with Gasteiger partial charge in [-0.1, -0.05) is 12.1 Å². The van der Waals surface area contributed by atoms with Crippen molar-refractivity contribution in [3.05, 3.63) is 29.8 Å². The number of piperidine rings is 1. The minimum Gasteiger partial charge on any atom is -0.494 e. The lowest BCUT2D eigenvalue weighted by molar-refractivity contribution is 0.152. The van der Waals surface area contributed by atoms with Gasteiger partial charge in [-0.15, -0.1) is 0 Å². The highest BCUT2D eigenvalue weighted by Crippen LogP contribution is 2.31. The summed E-state index contributed by atoms with van der Waals surface area (Å²) in [7, 11) is 4.26. The van der Waals surface area contributed by atoms with Crippen molar-refractivity contribution in [1.29, 1.82) is 0 Å². The van der Waals surface area contributed by atoms with Crippen LogP contribution < -0.4 is 10.1 Å². The van der Waals surface area contributed by atoms with E-state index in [1.54, 1.807) is 0 Å². The normalized spacial score (nSPS) is 25.1. The Balaban J connectivity index is 2.21. The van der Waals surface area contributed by atoms with E-state index < -0.39 is 0 Å². The highest BCUT2D eigenvalue weighted by atomic mass is 16.5. The minimum atomic E-state index is 0.0950. The van der Waals surface area contributed by atoms with Gasteiger partial charge in [0.05, 0.1) is 12.1 Å². The third-order valence-corrected chi connectivity index (χ3v) is 3.88. The van der Waals surface area contributed by atoms with E-state index >= 15 is 0 Å². The number of rotatable bonds is 4. The Bertz CT molecular complexity index is 377. The number of hydrogen-bond acceptors (Lipinski definition) is 3. The van der Waals surface area contributed by atoms with Gasteiger partial charge in [0, 0.05) is 6.54 Å². The molecule has 1 aliphatic rings. The van der Waals surface area contributed by atoms with E-state index in [1.165, 1.54) is 24.9 Å². The summed E-state index contributed by atoms with van der Waals surface area (Å²) in [6, 6.07) is 8.54. The van der Waals surface area contributed by atoms with Crippen LogP contribution >= 0.6 is 0 Å². The molecule has 1 N–H and O–H groups in total. The van der Waals surface area contributed by atoms with Gasteiger partial charge < -0.3 is 15.0 Å². The summed E-state index contributed by atoms with van der Waals surface area (Å²) in [6.07, 6.45) is 2.44. The molecule has 0 aromatic heterocycles. The van der Waals surface area contributed by atoms with E-state index in [2.05, 4.69) is 48.6 Å². The molecule has 3 heteroatoms. The van der Waals surface area contributed by atoms with Crippen LogP contribution in [0.15, 0.2) is 24.3 Å². The van der Waals surface area contributed by atoms with Crippen molar-refractivity contribution in [1.82, 2.24) is 10.2 Å². The third-order valence-electron chi connectivity index (χ3n) is 3.88. The SMILES string of the molecule is CCOc1ccc(C2(NC)CCCN(C)C2)cc1. The molecule has 100 valence electrons. The zero-order chi connectivity index (χ0) is 13.0. The van der Waals surface area contributed by atoms with Gasteiger partial charge in [0.1, 0.15) is 5.75 Å². The predicted octanol–water partition coefficient (Wildman–Crippen LogP) is 2.23. The van der Waals surface area contributed by atoms with Crippen molar-refractivity contribution in [2.75, 3.05) is 33.8 Å². The van der Waals surface area contributed by atoms with E-state index in [-0.39, 0.29) is 5.54 Å². The number of benzene rings is 1. The van der Waals surface area contributed by atoms with Crippen LogP contribution in [0.2, 0.25) is 0 Å². The van der Waals surface area contributed by atoms with Crippen LogP contribution in [0.4, 0.5) is 0 Å². The molecule has 1 fully saturated rings. The standard InChI is InChI=1S/C15H24N2O/c1-4-18-14-8-6-13(7-9-14)15(16-2)10-5-11-17(3)12-15/h6-9,16H,4-5,10-12H2,1-3H3.